The van der Waals surface area contributed by atoms with Gasteiger partial charge < -0.3 is 14.4 Å². The molecule has 0 radical (unpaired) electrons. The molecule has 37 heavy (non-hydrogen) atoms. The minimum Gasteiger partial charge on any atom is -0.479 e. The Kier molecular flexibility index (Phi) is 7.88. The maximum absolute atomic E-state index is 14.3. The Hall–Kier alpha value is -3.21. The van der Waals surface area contributed by atoms with Crippen LogP contribution in [0, 0.1) is 0 Å². The van der Waals surface area contributed by atoms with E-state index in [1.54, 1.807) is 36.4 Å². The Balaban J connectivity index is 2.13. The van der Waals surface area contributed by atoms with Crippen molar-refractivity contribution >= 4 is 46.1 Å². The molecule has 1 heterocycles. The van der Waals surface area contributed by atoms with Crippen molar-refractivity contribution < 1.29 is 45.9 Å². The minimum absolute atomic E-state index is 0.112. The molecular formula is C24H28NO10PS. The molecule has 0 aromatic heterocycles. The van der Waals surface area contributed by atoms with Crippen molar-refractivity contribution in [1.82, 2.24) is 4.90 Å². The van der Waals surface area contributed by atoms with Crippen LogP contribution < -0.4 is 10.6 Å². The molecule has 1 aliphatic rings. The number of amides is 1. The average molecular weight is 554 g/mol. The van der Waals surface area contributed by atoms with Crippen molar-refractivity contribution in [3.63, 3.8) is 0 Å². The molecule has 1 fully saturated rings. The Morgan fingerprint density at radius 1 is 1.00 bits per heavy atom. The molecule has 1 saturated heterocycles. The second-order valence-corrected chi connectivity index (χ2v) is 13.4. The number of hydrogen-bond donors (Lipinski definition) is 1. The molecule has 2 atom stereocenters. The average Bonchev–Trinajstić information content (AvgIpc) is 3.18. The number of carboxylic acids is 1. The molecule has 200 valence electrons. The molecular weight excluding hydrogens is 525 g/mol. The Bertz CT molecular complexity index is 1280. The van der Waals surface area contributed by atoms with Crippen LogP contribution in [-0.4, -0.2) is 66.5 Å². The van der Waals surface area contributed by atoms with E-state index in [0.717, 1.165) is 6.26 Å². The summed E-state index contributed by atoms with van der Waals surface area (Å²) in [5.41, 5.74) is -3.86. The molecule has 1 N–H and O–H groups in total. The number of benzene rings is 2. The Morgan fingerprint density at radius 3 is 1.89 bits per heavy atom. The largest absolute Gasteiger partial charge is 0.479 e. The van der Waals surface area contributed by atoms with Crippen LogP contribution in [0.1, 0.15) is 27.2 Å². The van der Waals surface area contributed by atoms with Crippen LogP contribution in [0.15, 0.2) is 60.7 Å². The summed E-state index contributed by atoms with van der Waals surface area (Å²) in [6, 6.07) is 15.5. The predicted octanol–water partition coefficient (Wildman–Crippen LogP) is 2.27. The van der Waals surface area contributed by atoms with Crippen molar-refractivity contribution in [3.05, 3.63) is 60.7 Å². The van der Waals surface area contributed by atoms with Crippen LogP contribution in [0.4, 0.5) is 4.79 Å². The highest BCUT2D eigenvalue weighted by Gasteiger charge is 2.63. The molecule has 0 aliphatic carbocycles. The van der Waals surface area contributed by atoms with Gasteiger partial charge >= 0.3 is 25.4 Å². The van der Waals surface area contributed by atoms with Gasteiger partial charge in [-0.3, -0.25) is 13.6 Å². The third-order valence-electron chi connectivity index (χ3n) is 5.39. The van der Waals surface area contributed by atoms with E-state index < -0.39 is 65.7 Å². The van der Waals surface area contributed by atoms with Crippen molar-refractivity contribution in [2.75, 3.05) is 12.8 Å². The second kappa shape index (κ2) is 10.3. The van der Waals surface area contributed by atoms with Gasteiger partial charge in [-0.2, -0.15) is 8.42 Å². The number of nitrogens with zero attached hydrogens (tertiary/aromatic N) is 1. The number of rotatable bonds is 7. The van der Waals surface area contributed by atoms with Crippen molar-refractivity contribution in [1.29, 1.82) is 0 Å². The van der Waals surface area contributed by atoms with Crippen molar-refractivity contribution in [2.24, 2.45) is 0 Å². The number of ether oxygens (including phenoxy) is 1. The van der Waals surface area contributed by atoms with Gasteiger partial charge in [0.1, 0.15) is 5.60 Å². The second-order valence-electron chi connectivity index (χ2n) is 9.48. The summed E-state index contributed by atoms with van der Waals surface area (Å²) in [7, 11) is -8.32. The summed E-state index contributed by atoms with van der Waals surface area (Å²) < 4.78 is 53.6. The first kappa shape index (κ1) is 28.4. The fourth-order valence-corrected chi connectivity index (χ4v) is 6.55. The first-order valence-corrected chi connectivity index (χ1v) is 14.6. The van der Waals surface area contributed by atoms with Crippen LogP contribution in [0.5, 0.6) is 0 Å². The SMILES string of the molecule is CC(C)(C)OC(=O)N1CC(OS(C)(=O)=O)C[C@]1(C(=O)O)C(=O)OP(=O)(c1ccccc1)c1ccccc1. The summed E-state index contributed by atoms with van der Waals surface area (Å²) in [4.78, 5) is 40.0. The Labute approximate surface area is 214 Å². The summed E-state index contributed by atoms with van der Waals surface area (Å²) in [5.74, 6) is -3.35. The van der Waals surface area contributed by atoms with Crippen molar-refractivity contribution in [3.8, 4) is 0 Å². The first-order chi connectivity index (χ1) is 17.1. The van der Waals surface area contributed by atoms with Crippen LogP contribution in [0.2, 0.25) is 0 Å². The van der Waals surface area contributed by atoms with Gasteiger partial charge in [-0.05, 0) is 45.0 Å². The number of carbonyl (C=O) groups excluding carboxylic acids is 2. The maximum atomic E-state index is 14.3. The zero-order chi connectivity index (χ0) is 27.6. The van der Waals surface area contributed by atoms with Crippen LogP contribution >= 0.6 is 7.37 Å². The van der Waals surface area contributed by atoms with Gasteiger partial charge in [0.05, 0.1) is 29.5 Å². The molecule has 2 aromatic rings. The van der Waals surface area contributed by atoms with Gasteiger partial charge in [-0.1, -0.05) is 36.4 Å². The monoisotopic (exact) mass is 553 g/mol. The topological polar surface area (TPSA) is 154 Å². The molecule has 0 saturated carbocycles. The van der Waals surface area contributed by atoms with E-state index in [9.17, 15) is 32.5 Å². The molecule has 13 heteroatoms. The van der Waals surface area contributed by atoms with E-state index in [1.165, 1.54) is 45.0 Å². The zero-order valence-corrected chi connectivity index (χ0v) is 22.4. The molecule has 11 nitrogen and oxygen atoms in total. The van der Waals surface area contributed by atoms with Crippen LogP contribution in [-0.2, 0) is 37.7 Å². The minimum atomic E-state index is -4.22. The fourth-order valence-electron chi connectivity index (χ4n) is 3.90. The number of carbonyl (C=O) groups is 3. The van der Waals surface area contributed by atoms with E-state index in [0.29, 0.717) is 4.90 Å². The van der Waals surface area contributed by atoms with Crippen molar-refractivity contribution in [2.45, 2.75) is 44.4 Å². The number of hydrogen-bond acceptors (Lipinski definition) is 9. The molecule has 3 rings (SSSR count). The van der Waals surface area contributed by atoms with Crippen LogP contribution in [0.25, 0.3) is 0 Å². The highest BCUT2D eigenvalue weighted by molar-refractivity contribution is 7.86. The number of aliphatic carboxylic acids is 1. The maximum Gasteiger partial charge on any atom is 0.411 e. The van der Waals surface area contributed by atoms with Gasteiger partial charge in [0.15, 0.2) is 0 Å². The van der Waals surface area contributed by atoms with E-state index in [1.807, 2.05) is 0 Å². The smallest absolute Gasteiger partial charge is 0.411 e. The predicted molar refractivity (Wildman–Crippen MR) is 133 cm³/mol. The summed E-state index contributed by atoms with van der Waals surface area (Å²) in [6.45, 7) is 3.99. The molecule has 1 aliphatic heterocycles. The summed E-state index contributed by atoms with van der Waals surface area (Å²) in [5, 5.41) is 10.5. The van der Waals surface area contributed by atoms with E-state index in [2.05, 4.69) is 0 Å². The highest BCUT2D eigenvalue weighted by atomic mass is 32.2. The van der Waals surface area contributed by atoms with Crippen LogP contribution in [0.3, 0.4) is 0 Å². The van der Waals surface area contributed by atoms with E-state index in [-0.39, 0.29) is 10.6 Å². The third kappa shape index (κ3) is 6.20. The molecule has 0 bridgehead atoms. The summed E-state index contributed by atoms with van der Waals surface area (Å²) >= 11 is 0. The van der Waals surface area contributed by atoms with E-state index in [4.69, 9.17) is 13.4 Å². The normalized spacial score (nSPS) is 20.3. The lowest BCUT2D eigenvalue weighted by atomic mass is 9.96. The quantitative estimate of drug-likeness (QED) is 0.307. The molecule has 1 amide bonds. The van der Waals surface area contributed by atoms with E-state index >= 15 is 0 Å². The van der Waals surface area contributed by atoms with Gasteiger partial charge in [-0.15, -0.1) is 0 Å². The lowest BCUT2D eigenvalue weighted by Crippen LogP contribution is -2.60. The van der Waals surface area contributed by atoms with Gasteiger partial charge in [0.25, 0.3) is 10.1 Å². The van der Waals surface area contributed by atoms with Gasteiger partial charge in [-0.25, -0.2) is 14.4 Å². The fraction of sp³-hybridized carbons (Fsp3) is 0.375. The third-order valence-corrected chi connectivity index (χ3v) is 8.39. The number of carboxylic acid groups (broad SMARTS) is 1. The molecule has 2 aromatic carbocycles. The lowest BCUT2D eigenvalue weighted by molar-refractivity contribution is -0.163. The molecule has 1 unspecified atom stereocenters. The molecule has 0 spiro atoms. The standard InChI is InChI=1S/C24H28NO10PS/c1-23(2,3)33-22(29)25-16-17(35-37(4,31)32)15-24(25,20(26)27)21(28)34-36(30,18-11-7-5-8-12-18)19-13-9-6-10-14-19/h5-14,17H,15-16H2,1-4H3,(H,26,27)/t17?,24-/m0/s1. The lowest BCUT2D eigenvalue weighted by Gasteiger charge is -2.34. The van der Waals surface area contributed by atoms with Gasteiger partial charge in [0, 0.05) is 6.42 Å². The Morgan fingerprint density at radius 2 is 1.49 bits per heavy atom. The van der Waals surface area contributed by atoms with Gasteiger partial charge in [0.2, 0.25) is 5.54 Å². The first-order valence-electron chi connectivity index (χ1n) is 11.2. The zero-order valence-electron chi connectivity index (χ0n) is 20.7. The highest BCUT2D eigenvalue weighted by Crippen LogP contribution is 2.48. The number of likely N-dealkylation sites (tertiary alicyclic amines) is 1. The summed E-state index contributed by atoms with van der Waals surface area (Å²) in [6.07, 6.45) is -2.64.